The van der Waals surface area contributed by atoms with Crippen molar-refractivity contribution < 1.29 is 0 Å². The van der Waals surface area contributed by atoms with Crippen molar-refractivity contribution in [1.82, 2.24) is 9.97 Å². The molecule has 0 aliphatic rings. The lowest BCUT2D eigenvalue weighted by Gasteiger charge is -2.24. The number of nitrogens with two attached hydrogens (primary N) is 1. The number of nitrogens with one attached hydrogen (secondary N) is 1. The van der Waals surface area contributed by atoms with Gasteiger partial charge in [0.15, 0.2) is 0 Å². The fourth-order valence-corrected chi connectivity index (χ4v) is 2.59. The van der Waals surface area contributed by atoms with Crippen LogP contribution in [0.1, 0.15) is 30.0 Å². The van der Waals surface area contributed by atoms with E-state index in [-0.39, 0.29) is 0 Å². The molecule has 3 N–H and O–H groups in total. The van der Waals surface area contributed by atoms with Gasteiger partial charge in [-0.1, -0.05) is 31.0 Å². The Morgan fingerprint density at radius 3 is 2.62 bits per heavy atom. The van der Waals surface area contributed by atoms with E-state index in [4.69, 9.17) is 5.84 Å². The second-order valence-corrected chi connectivity index (χ2v) is 5.27. The zero-order valence-electron chi connectivity index (χ0n) is 13.1. The molecule has 1 heterocycles. The third-order valence-corrected chi connectivity index (χ3v) is 3.59. The Morgan fingerprint density at radius 1 is 1.24 bits per heavy atom. The summed E-state index contributed by atoms with van der Waals surface area (Å²) in [6.45, 7) is 6.34. The summed E-state index contributed by atoms with van der Waals surface area (Å²) in [5.74, 6) is 7.17. The first kappa shape index (κ1) is 15.3. The predicted molar refractivity (Wildman–Crippen MR) is 87.8 cm³/mol. The summed E-state index contributed by atoms with van der Waals surface area (Å²) in [7, 11) is 2.03. The molecule has 0 saturated heterocycles. The van der Waals surface area contributed by atoms with Crippen LogP contribution in [-0.4, -0.2) is 17.0 Å². The minimum Gasteiger partial charge on any atom is -0.329 e. The van der Waals surface area contributed by atoms with E-state index in [1.54, 1.807) is 6.33 Å². The van der Waals surface area contributed by atoms with E-state index in [0.29, 0.717) is 5.82 Å². The van der Waals surface area contributed by atoms with Gasteiger partial charge in [-0.05, 0) is 31.9 Å². The van der Waals surface area contributed by atoms with Crippen LogP contribution in [0, 0.1) is 13.8 Å². The number of aryl methyl sites for hydroxylation is 2. The SMILES string of the molecule is CCCc1c(NN)ncnc1N(C)c1ccc(C)cc1C. The maximum absolute atomic E-state index is 5.58. The smallest absolute Gasteiger partial charge is 0.148 e. The average Bonchev–Trinajstić information content (AvgIpc) is 2.47. The molecule has 1 aromatic carbocycles. The molecular weight excluding hydrogens is 262 g/mol. The van der Waals surface area contributed by atoms with Crippen molar-refractivity contribution in [2.75, 3.05) is 17.4 Å². The zero-order chi connectivity index (χ0) is 15.4. The van der Waals surface area contributed by atoms with Gasteiger partial charge < -0.3 is 10.3 Å². The van der Waals surface area contributed by atoms with Crippen LogP contribution >= 0.6 is 0 Å². The number of benzene rings is 1. The zero-order valence-corrected chi connectivity index (χ0v) is 13.1. The van der Waals surface area contributed by atoms with Gasteiger partial charge >= 0.3 is 0 Å². The Morgan fingerprint density at radius 2 is 2.00 bits per heavy atom. The molecule has 0 bridgehead atoms. The Kier molecular flexibility index (Phi) is 4.75. The lowest BCUT2D eigenvalue weighted by atomic mass is 10.1. The number of hydrazine groups is 1. The summed E-state index contributed by atoms with van der Waals surface area (Å²) in [5.41, 5.74) is 7.34. The highest BCUT2D eigenvalue weighted by Crippen LogP contribution is 2.31. The molecule has 5 heteroatoms. The van der Waals surface area contributed by atoms with Crippen molar-refractivity contribution >= 4 is 17.3 Å². The first-order chi connectivity index (χ1) is 10.1. The van der Waals surface area contributed by atoms with Gasteiger partial charge in [0, 0.05) is 18.3 Å². The summed E-state index contributed by atoms with van der Waals surface area (Å²) in [6.07, 6.45) is 3.43. The molecule has 2 aromatic rings. The van der Waals surface area contributed by atoms with Crippen LogP contribution in [0.4, 0.5) is 17.3 Å². The Balaban J connectivity index is 2.49. The lowest BCUT2D eigenvalue weighted by Crippen LogP contribution is -2.18. The van der Waals surface area contributed by atoms with Crippen LogP contribution in [0.25, 0.3) is 0 Å². The number of nitrogen functional groups attached to an aromatic ring is 1. The topological polar surface area (TPSA) is 67.1 Å². The van der Waals surface area contributed by atoms with Gasteiger partial charge in [-0.3, -0.25) is 0 Å². The second-order valence-electron chi connectivity index (χ2n) is 5.27. The maximum Gasteiger partial charge on any atom is 0.148 e. The van der Waals surface area contributed by atoms with Crippen LogP contribution in [0.2, 0.25) is 0 Å². The van der Waals surface area contributed by atoms with E-state index in [0.717, 1.165) is 29.9 Å². The Labute approximate surface area is 126 Å². The summed E-state index contributed by atoms with van der Waals surface area (Å²) >= 11 is 0. The normalized spacial score (nSPS) is 10.5. The molecule has 112 valence electrons. The largest absolute Gasteiger partial charge is 0.329 e. The lowest BCUT2D eigenvalue weighted by molar-refractivity contribution is 0.890. The first-order valence-corrected chi connectivity index (χ1v) is 7.20. The Hall–Kier alpha value is -2.14. The van der Waals surface area contributed by atoms with Crippen LogP contribution < -0.4 is 16.2 Å². The van der Waals surface area contributed by atoms with E-state index in [2.05, 4.69) is 59.3 Å². The minimum atomic E-state index is 0.693. The average molecular weight is 285 g/mol. The fourth-order valence-electron chi connectivity index (χ4n) is 2.59. The molecule has 0 fully saturated rings. The highest BCUT2D eigenvalue weighted by molar-refractivity contribution is 5.69. The van der Waals surface area contributed by atoms with Crippen molar-refractivity contribution in [3.8, 4) is 0 Å². The number of anilines is 3. The van der Waals surface area contributed by atoms with E-state index in [9.17, 15) is 0 Å². The fraction of sp³-hybridized carbons (Fsp3) is 0.375. The number of hydrogen-bond donors (Lipinski definition) is 2. The summed E-state index contributed by atoms with van der Waals surface area (Å²) < 4.78 is 0. The van der Waals surface area contributed by atoms with Crippen LogP contribution in [-0.2, 0) is 6.42 Å². The molecule has 0 atom stereocenters. The molecular formula is C16H23N5. The third kappa shape index (κ3) is 3.13. The van der Waals surface area contributed by atoms with Gasteiger partial charge in [0.1, 0.15) is 18.0 Å². The number of rotatable bonds is 5. The summed E-state index contributed by atoms with van der Waals surface area (Å²) in [4.78, 5) is 10.8. The quantitative estimate of drug-likeness (QED) is 0.652. The van der Waals surface area contributed by atoms with Gasteiger partial charge in [0.25, 0.3) is 0 Å². The standard InChI is InChI=1S/C16H23N5/c1-5-6-13-15(20-17)18-10-19-16(13)21(4)14-8-7-11(2)9-12(14)3/h7-10H,5-6,17H2,1-4H3,(H,18,19,20). The molecule has 0 saturated carbocycles. The van der Waals surface area contributed by atoms with Crippen molar-refractivity contribution in [3.63, 3.8) is 0 Å². The predicted octanol–water partition coefficient (Wildman–Crippen LogP) is 3.10. The maximum atomic E-state index is 5.58. The van der Waals surface area contributed by atoms with Gasteiger partial charge in [0.05, 0.1) is 0 Å². The molecule has 0 spiro atoms. The van der Waals surface area contributed by atoms with Gasteiger partial charge in [-0.25, -0.2) is 15.8 Å². The van der Waals surface area contributed by atoms with Gasteiger partial charge in [-0.15, -0.1) is 0 Å². The van der Waals surface area contributed by atoms with E-state index in [1.165, 1.54) is 11.1 Å². The number of nitrogens with zero attached hydrogens (tertiary/aromatic N) is 3. The van der Waals surface area contributed by atoms with Crippen molar-refractivity contribution in [1.29, 1.82) is 0 Å². The highest BCUT2D eigenvalue weighted by atomic mass is 15.3. The third-order valence-electron chi connectivity index (χ3n) is 3.59. The molecule has 0 aliphatic heterocycles. The van der Waals surface area contributed by atoms with Crippen LogP contribution in [0.5, 0.6) is 0 Å². The van der Waals surface area contributed by atoms with E-state index in [1.807, 2.05) is 7.05 Å². The first-order valence-electron chi connectivity index (χ1n) is 7.20. The molecule has 0 unspecified atom stereocenters. The summed E-state index contributed by atoms with van der Waals surface area (Å²) in [5, 5.41) is 0. The number of hydrogen-bond acceptors (Lipinski definition) is 5. The summed E-state index contributed by atoms with van der Waals surface area (Å²) in [6, 6.07) is 6.41. The van der Waals surface area contributed by atoms with Gasteiger partial charge in [0.2, 0.25) is 0 Å². The number of aromatic nitrogens is 2. The monoisotopic (exact) mass is 285 g/mol. The molecule has 21 heavy (non-hydrogen) atoms. The van der Waals surface area contributed by atoms with Crippen LogP contribution in [0.15, 0.2) is 24.5 Å². The van der Waals surface area contributed by atoms with Crippen LogP contribution in [0.3, 0.4) is 0 Å². The molecule has 0 amide bonds. The highest BCUT2D eigenvalue weighted by Gasteiger charge is 2.16. The van der Waals surface area contributed by atoms with E-state index >= 15 is 0 Å². The Bertz CT molecular complexity index is 624. The van der Waals surface area contributed by atoms with Crippen molar-refractivity contribution in [3.05, 3.63) is 41.2 Å². The molecule has 0 radical (unpaired) electrons. The van der Waals surface area contributed by atoms with Gasteiger partial charge in [-0.2, -0.15) is 0 Å². The van der Waals surface area contributed by atoms with Crippen molar-refractivity contribution in [2.24, 2.45) is 5.84 Å². The molecule has 5 nitrogen and oxygen atoms in total. The van der Waals surface area contributed by atoms with E-state index < -0.39 is 0 Å². The van der Waals surface area contributed by atoms with Crippen molar-refractivity contribution in [2.45, 2.75) is 33.6 Å². The minimum absolute atomic E-state index is 0.693. The molecule has 0 aliphatic carbocycles. The molecule has 1 aromatic heterocycles. The molecule has 2 rings (SSSR count). The second kappa shape index (κ2) is 6.54.